The van der Waals surface area contributed by atoms with Crippen LogP contribution in [0.2, 0.25) is 10.0 Å². The minimum absolute atomic E-state index is 0.0972. The van der Waals surface area contributed by atoms with Gasteiger partial charge < -0.3 is 10.1 Å². The Labute approximate surface area is 167 Å². The molecule has 27 heavy (non-hydrogen) atoms. The van der Waals surface area contributed by atoms with Crippen molar-refractivity contribution >= 4 is 34.8 Å². The van der Waals surface area contributed by atoms with Gasteiger partial charge in [-0.1, -0.05) is 35.3 Å². The summed E-state index contributed by atoms with van der Waals surface area (Å²) < 4.78 is 7.32. The van der Waals surface area contributed by atoms with Gasteiger partial charge in [-0.25, -0.2) is 0 Å². The van der Waals surface area contributed by atoms with Gasteiger partial charge >= 0.3 is 0 Å². The summed E-state index contributed by atoms with van der Waals surface area (Å²) >= 11 is 11.9. The number of hydrogen-bond acceptors (Lipinski definition) is 3. The predicted octanol–water partition coefficient (Wildman–Crippen LogP) is 4.87. The Balaban J connectivity index is 1.65. The molecule has 140 valence electrons. The molecule has 1 N–H and O–H groups in total. The van der Waals surface area contributed by atoms with Crippen molar-refractivity contribution in [3.05, 3.63) is 75.5 Å². The van der Waals surface area contributed by atoms with Gasteiger partial charge in [0.2, 0.25) is 0 Å². The van der Waals surface area contributed by atoms with Crippen molar-refractivity contribution in [2.24, 2.45) is 0 Å². The predicted molar refractivity (Wildman–Crippen MR) is 108 cm³/mol. The van der Waals surface area contributed by atoms with Gasteiger partial charge in [0.15, 0.2) is 6.61 Å². The maximum atomic E-state index is 12.3. The third kappa shape index (κ3) is 5.02. The van der Waals surface area contributed by atoms with Crippen molar-refractivity contribution < 1.29 is 9.53 Å². The molecule has 0 aliphatic rings. The smallest absolute Gasteiger partial charge is 0.262 e. The first-order chi connectivity index (χ1) is 12.9. The highest BCUT2D eigenvalue weighted by molar-refractivity contribution is 6.30. The monoisotopic (exact) mass is 403 g/mol. The molecule has 2 aromatic carbocycles. The number of rotatable bonds is 6. The Bertz CT molecular complexity index is 952. The molecular formula is C20H19Cl2N3O2. The number of carbonyl (C=O) groups is 1. The van der Waals surface area contributed by atoms with E-state index in [4.69, 9.17) is 27.9 Å². The van der Waals surface area contributed by atoms with Crippen LogP contribution >= 0.6 is 23.2 Å². The third-order valence-electron chi connectivity index (χ3n) is 4.05. The van der Waals surface area contributed by atoms with Crippen molar-refractivity contribution in [1.29, 1.82) is 0 Å². The van der Waals surface area contributed by atoms with Crippen LogP contribution in [0.3, 0.4) is 0 Å². The molecule has 0 bridgehead atoms. The van der Waals surface area contributed by atoms with Crippen LogP contribution in [-0.2, 0) is 11.3 Å². The highest BCUT2D eigenvalue weighted by Crippen LogP contribution is 2.21. The van der Waals surface area contributed by atoms with Crippen molar-refractivity contribution in [3.8, 4) is 5.75 Å². The summed E-state index contributed by atoms with van der Waals surface area (Å²) in [6, 6.07) is 14.5. The third-order valence-corrected chi connectivity index (χ3v) is 4.54. The van der Waals surface area contributed by atoms with Gasteiger partial charge in [0.05, 0.1) is 23.6 Å². The average molecular weight is 404 g/mol. The number of amides is 1. The Morgan fingerprint density at radius 3 is 2.56 bits per heavy atom. The van der Waals surface area contributed by atoms with Crippen molar-refractivity contribution in [1.82, 2.24) is 9.78 Å². The molecule has 1 heterocycles. The maximum Gasteiger partial charge on any atom is 0.262 e. The molecule has 0 aliphatic carbocycles. The molecular weight excluding hydrogens is 385 g/mol. The highest BCUT2D eigenvalue weighted by atomic mass is 35.5. The molecule has 0 saturated heterocycles. The molecule has 7 heteroatoms. The average Bonchev–Trinajstić information content (AvgIpc) is 2.89. The molecule has 0 unspecified atom stereocenters. The molecule has 0 atom stereocenters. The Hall–Kier alpha value is -2.50. The summed E-state index contributed by atoms with van der Waals surface area (Å²) in [5, 5.41) is 8.70. The molecule has 3 aromatic rings. The number of nitrogens with zero attached hydrogens (tertiary/aromatic N) is 2. The molecule has 0 radical (unpaired) electrons. The number of aryl methyl sites for hydroxylation is 1. The second-order valence-electron chi connectivity index (χ2n) is 6.12. The number of carbonyl (C=O) groups excluding carboxylic acids is 1. The second-order valence-corrected chi connectivity index (χ2v) is 7.00. The zero-order valence-electron chi connectivity index (χ0n) is 15.0. The molecule has 0 saturated carbocycles. The van der Waals surface area contributed by atoms with Crippen LogP contribution in [0.25, 0.3) is 0 Å². The maximum absolute atomic E-state index is 12.3. The van der Waals surface area contributed by atoms with E-state index in [9.17, 15) is 4.79 Å². The number of halogens is 2. The number of benzene rings is 2. The Morgan fingerprint density at radius 2 is 1.85 bits per heavy atom. The van der Waals surface area contributed by atoms with E-state index in [0.29, 0.717) is 28.0 Å². The first kappa shape index (κ1) is 19.3. The van der Waals surface area contributed by atoms with E-state index < -0.39 is 0 Å². The molecule has 0 aliphatic heterocycles. The Kier molecular flexibility index (Phi) is 6.04. The zero-order valence-corrected chi connectivity index (χ0v) is 16.5. The number of hydrogen-bond donors (Lipinski definition) is 1. The van der Waals surface area contributed by atoms with Crippen LogP contribution in [0.4, 0.5) is 5.69 Å². The minimum Gasteiger partial charge on any atom is -0.484 e. The SMILES string of the molecule is Cc1nn(Cc2cccc(Cl)c2)c(C)c1NC(=O)COc1ccc(Cl)cc1. The van der Waals surface area contributed by atoms with Gasteiger partial charge in [-0.05, 0) is 55.8 Å². The van der Waals surface area contributed by atoms with E-state index >= 15 is 0 Å². The van der Waals surface area contributed by atoms with Gasteiger partial charge in [-0.2, -0.15) is 5.10 Å². The van der Waals surface area contributed by atoms with Crippen molar-refractivity contribution in [2.45, 2.75) is 20.4 Å². The highest BCUT2D eigenvalue weighted by Gasteiger charge is 2.15. The van der Waals surface area contributed by atoms with Crippen LogP contribution in [0.15, 0.2) is 48.5 Å². The number of ether oxygens (including phenoxy) is 1. The summed E-state index contributed by atoms with van der Waals surface area (Å²) in [7, 11) is 0. The zero-order chi connectivity index (χ0) is 19.4. The van der Waals surface area contributed by atoms with Gasteiger partial charge in [0, 0.05) is 10.0 Å². The van der Waals surface area contributed by atoms with Crippen LogP contribution in [0.1, 0.15) is 17.0 Å². The number of aromatic nitrogens is 2. The molecule has 0 fully saturated rings. The number of anilines is 1. The van der Waals surface area contributed by atoms with Gasteiger partial charge in [0.1, 0.15) is 5.75 Å². The van der Waals surface area contributed by atoms with Crippen molar-refractivity contribution in [3.63, 3.8) is 0 Å². The lowest BCUT2D eigenvalue weighted by molar-refractivity contribution is -0.118. The van der Waals surface area contributed by atoms with Crippen LogP contribution in [-0.4, -0.2) is 22.3 Å². The van der Waals surface area contributed by atoms with Crippen LogP contribution < -0.4 is 10.1 Å². The lowest BCUT2D eigenvalue weighted by atomic mass is 10.2. The second kappa shape index (κ2) is 8.46. The lowest BCUT2D eigenvalue weighted by Gasteiger charge is -2.09. The van der Waals surface area contributed by atoms with Crippen LogP contribution in [0, 0.1) is 13.8 Å². The van der Waals surface area contributed by atoms with Gasteiger partial charge in [-0.15, -0.1) is 0 Å². The van der Waals surface area contributed by atoms with E-state index in [0.717, 1.165) is 17.0 Å². The largest absolute Gasteiger partial charge is 0.484 e. The van der Waals surface area contributed by atoms with E-state index in [2.05, 4.69) is 10.4 Å². The molecule has 0 spiro atoms. The fourth-order valence-corrected chi connectivity index (χ4v) is 3.03. The summed E-state index contributed by atoms with van der Waals surface area (Å²) in [6.45, 7) is 4.25. The molecule has 5 nitrogen and oxygen atoms in total. The van der Waals surface area contributed by atoms with Gasteiger partial charge in [0.25, 0.3) is 5.91 Å². The van der Waals surface area contributed by atoms with E-state index in [-0.39, 0.29) is 12.5 Å². The summed E-state index contributed by atoms with van der Waals surface area (Å²) in [5.74, 6) is 0.332. The van der Waals surface area contributed by atoms with E-state index in [1.165, 1.54) is 0 Å². The quantitative estimate of drug-likeness (QED) is 0.638. The van der Waals surface area contributed by atoms with E-state index in [1.807, 2.05) is 42.8 Å². The normalized spacial score (nSPS) is 10.7. The Morgan fingerprint density at radius 1 is 1.11 bits per heavy atom. The summed E-state index contributed by atoms with van der Waals surface area (Å²) in [5.41, 5.74) is 3.35. The lowest BCUT2D eigenvalue weighted by Crippen LogP contribution is -2.21. The first-order valence-electron chi connectivity index (χ1n) is 8.39. The molecule has 1 amide bonds. The summed E-state index contributed by atoms with van der Waals surface area (Å²) in [6.07, 6.45) is 0. The minimum atomic E-state index is -0.251. The topological polar surface area (TPSA) is 56.2 Å². The van der Waals surface area contributed by atoms with E-state index in [1.54, 1.807) is 24.3 Å². The molecule has 1 aromatic heterocycles. The molecule has 3 rings (SSSR count). The first-order valence-corrected chi connectivity index (χ1v) is 9.14. The fourth-order valence-electron chi connectivity index (χ4n) is 2.70. The fraction of sp³-hybridized carbons (Fsp3) is 0.200. The standard InChI is InChI=1S/C20H19Cl2N3O2/c1-13-20(23-19(26)12-27-18-8-6-16(21)7-9-18)14(2)25(24-13)11-15-4-3-5-17(22)10-15/h3-10H,11-12H2,1-2H3,(H,23,26). The van der Waals surface area contributed by atoms with Crippen LogP contribution in [0.5, 0.6) is 5.75 Å². The summed E-state index contributed by atoms with van der Waals surface area (Å²) in [4.78, 5) is 12.3. The van der Waals surface area contributed by atoms with Gasteiger partial charge in [-0.3, -0.25) is 9.48 Å². The van der Waals surface area contributed by atoms with Crippen molar-refractivity contribution in [2.75, 3.05) is 11.9 Å². The number of nitrogens with one attached hydrogen (secondary N) is 1.